The van der Waals surface area contributed by atoms with Crippen LogP contribution in [0.2, 0.25) is 0 Å². The van der Waals surface area contributed by atoms with Crippen molar-refractivity contribution in [1.82, 2.24) is 4.90 Å². The minimum Gasteiger partial charge on any atom is -0.484 e. The van der Waals surface area contributed by atoms with Crippen LogP contribution in [0.25, 0.3) is 0 Å². The fraction of sp³-hybridized carbons (Fsp3) is 0.435. The molecule has 2 saturated heterocycles. The summed E-state index contributed by atoms with van der Waals surface area (Å²) in [5, 5.41) is 0. The number of carbonyl (C=O) groups is 1. The van der Waals surface area contributed by atoms with Crippen molar-refractivity contribution in [3.05, 3.63) is 65.2 Å². The number of benzene rings is 2. The van der Waals surface area contributed by atoms with Crippen LogP contribution in [0.3, 0.4) is 0 Å². The van der Waals surface area contributed by atoms with Gasteiger partial charge in [-0.1, -0.05) is 36.4 Å². The summed E-state index contributed by atoms with van der Waals surface area (Å²) in [6.45, 7) is 2.83. The lowest BCUT2D eigenvalue weighted by atomic mass is 9.98. The van der Waals surface area contributed by atoms with Gasteiger partial charge in [0.2, 0.25) is 0 Å². The Morgan fingerprint density at radius 2 is 1.89 bits per heavy atom. The van der Waals surface area contributed by atoms with Gasteiger partial charge in [-0.2, -0.15) is 0 Å². The van der Waals surface area contributed by atoms with E-state index in [0.717, 1.165) is 37.2 Å². The zero-order valence-electron chi connectivity index (χ0n) is 15.5. The molecule has 0 saturated carbocycles. The number of likely N-dealkylation sites (tertiary alicyclic amines) is 1. The highest BCUT2D eigenvalue weighted by atomic mass is 16.5. The zero-order chi connectivity index (χ0) is 18.2. The second-order valence-corrected chi connectivity index (χ2v) is 7.83. The molecule has 2 aromatic carbocycles. The van der Waals surface area contributed by atoms with Crippen molar-refractivity contribution in [1.29, 1.82) is 0 Å². The molecule has 1 aliphatic carbocycles. The van der Waals surface area contributed by atoms with Gasteiger partial charge in [0.25, 0.3) is 0 Å². The number of carbonyl (C=O) groups excluding carboxylic acids is 1. The summed E-state index contributed by atoms with van der Waals surface area (Å²) in [5.41, 5.74) is 3.70. The lowest BCUT2D eigenvalue weighted by molar-refractivity contribution is -0.139. The van der Waals surface area contributed by atoms with E-state index in [1.165, 1.54) is 24.0 Å². The smallest absolute Gasteiger partial charge is 0.313 e. The quantitative estimate of drug-likeness (QED) is 0.774. The molecule has 140 valence electrons. The van der Waals surface area contributed by atoms with E-state index in [9.17, 15) is 4.79 Å². The Morgan fingerprint density at radius 1 is 1.04 bits per heavy atom. The topological polar surface area (TPSA) is 38.8 Å². The molecule has 2 aliphatic heterocycles. The molecule has 27 heavy (non-hydrogen) atoms. The predicted molar refractivity (Wildman–Crippen MR) is 103 cm³/mol. The molecule has 0 radical (unpaired) electrons. The number of hydrogen-bond acceptors (Lipinski definition) is 4. The van der Waals surface area contributed by atoms with Crippen LogP contribution >= 0.6 is 0 Å². The molecule has 0 amide bonds. The van der Waals surface area contributed by atoms with Crippen LogP contribution in [0.1, 0.15) is 48.0 Å². The molecule has 4 heteroatoms. The third kappa shape index (κ3) is 3.12. The first kappa shape index (κ1) is 16.8. The zero-order valence-corrected chi connectivity index (χ0v) is 15.5. The van der Waals surface area contributed by atoms with Crippen LogP contribution in [0.4, 0.5) is 0 Å². The van der Waals surface area contributed by atoms with Gasteiger partial charge in [-0.15, -0.1) is 0 Å². The Balaban J connectivity index is 1.43. The summed E-state index contributed by atoms with van der Waals surface area (Å²) in [4.78, 5) is 14.5. The van der Waals surface area contributed by atoms with Gasteiger partial charge in [-0.3, -0.25) is 9.69 Å². The van der Waals surface area contributed by atoms with Crippen molar-refractivity contribution in [2.45, 2.75) is 43.7 Å². The molecule has 5 rings (SSSR count). The summed E-state index contributed by atoms with van der Waals surface area (Å²) in [7, 11) is 0. The Hall–Kier alpha value is -2.33. The summed E-state index contributed by atoms with van der Waals surface area (Å²) in [6, 6.07) is 17.1. The van der Waals surface area contributed by atoms with E-state index < -0.39 is 0 Å². The maximum Gasteiger partial charge on any atom is 0.313 e. The van der Waals surface area contributed by atoms with Gasteiger partial charge >= 0.3 is 5.97 Å². The highest BCUT2D eigenvalue weighted by molar-refractivity contribution is 5.80. The maximum absolute atomic E-state index is 12.0. The number of esters is 1. The summed E-state index contributed by atoms with van der Waals surface area (Å²) >= 11 is 0. The van der Waals surface area contributed by atoms with Gasteiger partial charge in [0.1, 0.15) is 11.9 Å². The first-order valence-electron chi connectivity index (χ1n) is 10.0. The van der Waals surface area contributed by atoms with E-state index >= 15 is 0 Å². The minimum atomic E-state index is -0.154. The molecule has 4 nitrogen and oxygen atoms in total. The molecule has 1 unspecified atom stereocenters. The number of ether oxygens (including phenoxy) is 2. The lowest BCUT2D eigenvalue weighted by Crippen LogP contribution is -2.38. The fourth-order valence-corrected chi connectivity index (χ4v) is 4.82. The fourth-order valence-electron chi connectivity index (χ4n) is 4.82. The molecule has 0 aromatic heterocycles. The van der Waals surface area contributed by atoms with Gasteiger partial charge < -0.3 is 9.47 Å². The van der Waals surface area contributed by atoms with Crippen molar-refractivity contribution >= 4 is 5.97 Å². The SMILES string of the molecule is O=C1OCCC1c1cccc(O[C@H]2c3ccccc3C[C@@H]2N2CCCC2)c1. The molecule has 3 aliphatic rings. The van der Waals surface area contributed by atoms with E-state index in [4.69, 9.17) is 9.47 Å². The van der Waals surface area contributed by atoms with Crippen LogP contribution in [0, 0.1) is 0 Å². The van der Waals surface area contributed by atoms with E-state index in [2.05, 4.69) is 29.2 Å². The van der Waals surface area contributed by atoms with Crippen LogP contribution in [0.15, 0.2) is 48.5 Å². The summed E-state index contributed by atoms with van der Waals surface area (Å²) in [6.07, 6.45) is 4.41. The lowest BCUT2D eigenvalue weighted by Gasteiger charge is -2.30. The third-order valence-electron chi connectivity index (χ3n) is 6.21. The molecule has 0 spiro atoms. The van der Waals surface area contributed by atoms with Crippen molar-refractivity contribution in [2.24, 2.45) is 0 Å². The van der Waals surface area contributed by atoms with Crippen LogP contribution in [0.5, 0.6) is 5.75 Å². The number of hydrogen-bond donors (Lipinski definition) is 0. The monoisotopic (exact) mass is 363 g/mol. The van der Waals surface area contributed by atoms with Crippen molar-refractivity contribution in [2.75, 3.05) is 19.7 Å². The van der Waals surface area contributed by atoms with Gasteiger partial charge in [0.15, 0.2) is 0 Å². The van der Waals surface area contributed by atoms with Crippen LogP contribution in [-0.2, 0) is 16.0 Å². The molecule has 2 aromatic rings. The number of cyclic esters (lactones) is 1. The van der Waals surface area contributed by atoms with Gasteiger partial charge in [-0.05, 0) is 67.6 Å². The number of rotatable bonds is 4. The van der Waals surface area contributed by atoms with Crippen molar-refractivity contribution in [3.63, 3.8) is 0 Å². The Labute approximate surface area is 160 Å². The number of nitrogens with zero attached hydrogens (tertiary/aromatic N) is 1. The number of fused-ring (bicyclic) bond motifs is 1. The van der Waals surface area contributed by atoms with Crippen molar-refractivity contribution < 1.29 is 14.3 Å². The average Bonchev–Trinajstić information content (AvgIpc) is 3.42. The maximum atomic E-state index is 12.0. The minimum absolute atomic E-state index is 0.0464. The summed E-state index contributed by atoms with van der Waals surface area (Å²) in [5.74, 6) is 0.574. The second kappa shape index (κ2) is 7.01. The third-order valence-corrected chi connectivity index (χ3v) is 6.21. The first-order valence-corrected chi connectivity index (χ1v) is 10.0. The normalized spacial score (nSPS) is 27.6. The second-order valence-electron chi connectivity index (χ2n) is 7.83. The molecule has 2 fully saturated rings. The first-order chi connectivity index (χ1) is 13.3. The van der Waals surface area contributed by atoms with E-state index in [-0.39, 0.29) is 18.0 Å². The standard InChI is InChI=1S/C23H25NO3/c25-23-20(10-13-26-23)16-7-5-8-18(14-16)27-22-19-9-2-1-6-17(19)15-21(22)24-11-3-4-12-24/h1-2,5-9,14,20-22H,3-4,10-13,15H2/t20?,21-,22-/m0/s1. The Bertz CT molecular complexity index is 843. The van der Waals surface area contributed by atoms with Crippen molar-refractivity contribution in [3.8, 4) is 5.75 Å². The predicted octanol–water partition coefficient (Wildman–Crippen LogP) is 3.86. The van der Waals surface area contributed by atoms with Crippen LogP contribution < -0.4 is 4.74 Å². The molecule has 2 heterocycles. The van der Waals surface area contributed by atoms with E-state index in [0.29, 0.717) is 12.6 Å². The van der Waals surface area contributed by atoms with Crippen LogP contribution in [-0.4, -0.2) is 36.6 Å². The van der Waals surface area contributed by atoms with Gasteiger partial charge in [0.05, 0.1) is 18.6 Å². The van der Waals surface area contributed by atoms with E-state index in [1.54, 1.807) is 0 Å². The molecular weight excluding hydrogens is 338 g/mol. The van der Waals surface area contributed by atoms with E-state index in [1.807, 2.05) is 24.3 Å². The summed E-state index contributed by atoms with van der Waals surface area (Å²) < 4.78 is 11.7. The van der Waals surface area contributed by atoms with Gasteiger partial charge in [-0.25, -0.2) is 0 Å². The Morgan fingerprint density at radius 3 is 2.70 bits per heavy atom. The molecule has 0 bridgehead atoms. The van der Waals surface area contributed by atoms with Gasteiger partial charge in [0, 0.05) is 0 Å². The highest BCUT2D eigenvalue weighted by Crippen LogP contribution is 2.39. The Kier molecular flexibility index (Phi) is 4.36. The largest absolute Gasteiger partial charge is 0.484 e. The molecule has 3 atom stereocenters. The highest BCUT2D eigenvalue weighted by Gasteiger charge is 2.39. The molecular formula is C23H25NO3. The average molecular weight is 363 g/mol. The molecule has 0 N–H and O–H groups in total.